The van der Waals surface area contributed by atoms with Crippen LogP contribution < -0.4 is 5.32 Å². The number of hydrogen-bond donors (Lipinski definition) is 1. The molecule has 0 saturated heterocycles. The first-order chi connectivity index (χ1) is 10.0. The molecule has 0 spiro atoms. The summed E-state index contributed by atoms with van der Waals surface area (Å²) in [4.78, 5) is 0. The lowest BCUT2D eigenvalue weighted by Gasteiger charge is -2.10. The molecular formula is C17H16ClF2N. The Hall–Kier alpha value is -1.45. The maximum Gasteiger partial charge on any atom is 0.131 e. The summed E-state index contributed by atoms with van der Waals surface area (Å²) in [6, 6.07) is 8.47. The van der Waals surface area contributed by atoms with Crippen molar-refractivity contribution < 1.29 is 8.78 Å². The number of halogens is 3. The Labute approximate surface area is 127 Å². The SMILES string of the molecule is Cc1cc(F)c(-c2ccc(CNC3CC3)cc2Cl)cc1F. The fourth-order valence-electron chi connectivity index (χ4n) is 2.29. The highest BCUT2D eigenvalue weighted by Crippen LogP contribution is 2.32. The summed E-state index contributed by atoms with van der Waals surface area (Å²) in [5, 5.41) is 3.83. The molecule has 0 radical (unpaired) electrons. The summed E-state index contributed by atoms with van der Waals surface area (Å²) in [6.45, 7) is 2.28. The Balaban J connectivity index is 1.89. The van der Waals surface area contributed by atoms with E-state index in [0.717, 1.165) is 12.1 Å². The predicted molar refractivity (Wildman–Crippen MR) is 81.4 cm³/mol. The van der Waals surface area contributed by atoms with Gasteiger partial charge in [-0.3, -0.25) is 0 Å². The van der Waals surface area contributed by atoms with Crippen molar-refractivity contribution in [2.75, 3.05) is 0 Å². The van der Waals surface area contributed by atoms with Crippen LogP contribution in [0.1, 0.15) is 24.0 Å². The molecule has 1 fully saturated rings. The largest absolute Gasteiger partial charge is 0.310 e. The van der Waals surface area contributed by atoms with Crippen molar-refractivity contribution >= 4 is 11.6 Å². The fourth-order valence-corrected chi connectivity index (χ4v) is 2.59. The molecule has 2 aromatic carbocycles. The van der Waals surface area contributed by atoms with E-state index in [1.807, 2.05) is 12.1 Å². The van der Waals surface area contributed by atoms with Crippen molar-refractivity contribution in [3.8, 4) is 11.1 Å². The molecule has 1 aliphatic carbocycles. The van der Waals surface area contributed by atoms with Gasteiger partial charge in [-0.05, 0) is 49.1 Å². The van der Waals surface area contributed by atoms with Crippen LogP contribution in [-0.4, -0.2) is 6.04 Å². The lowest BCUT2D eigenvalue weighted by Crippen LogP contribution is -2.15. The maximum atomic E-state index is 14.0. The molecule has 0 heterocycles. The summed E-state index contributed by atoms with van der Waals surface area (Å²) in [6.07, 6.45) is 2.44. The summed E-state index contributed by atoms with van der Waals surface area (Å²) in [5.74, 6) is -0.887. The molecule has 0 unspecified atom stereocenters. The number of benzene rings is 2. The van der Waals surface area contributed by atoms with Crippen LogP contribution in [0, 0.1) is 18.6 Å². The van der Waals surface area contributed by atoms with Gasteiger partial charge < -0.3 is 5.32 Å². The van der Waals surface area contributed by atoms with E-state index < -0.39 is 11.6 Å². The maximum absolute atomic E-state index is 14.0. The van der Waals surface area contributed by atoms with E-state index in [9.17, 15) is 8.78 Å². The molecule has 0 atom stereocenters. The van der Waals surface area contributed by atoms with Crippen molar-refractivity contribution in [3.63, 3.8) is 0 Å². The zero-order chi connectivity index (χ0) is 15.0. The van der Waals surface area contributed by atoms with E-state index in [-0.39, 0.29) is 11.1 Å². The van der Waals surface area contributed by atoms with Gasteiger partial charge in [0.05, 0.1) is 0 Å². The minimum Gasteiger partial charge on any atom is -0.310 e. The van der Waals surface area contributed by atoms with Crippen molar-refractivity contribution in [1.82, 2.24) is 5.32 Å². The average molecular weight is 308 g/mol. The Morgan fingerprint density at radius 3 is 2.52 bits per heavy atom. The molecule has 110 valence electrons. The Kier molecular flexibility index (Phi) is 3.96. The smallest absolute Gasteiger partial charge is 0.131 e. The first-order valence-electron chi connectivity index (χ1n) is 7.02. The molecule has 1 nitrogen and oxygen atoms in total. The Bertz CT molecular complexity index is 681. The van der Waals surface area contributed by atoms with Crippen molar-refractivity contribution in [1.29, 1.82) is 0 Å². The van der Waals surface area contributed by atoms with Crippen molar-refractivity contribution in [2.45, 2.75) is 32.4 Å². The van der Waals surface area contributed by atoms with Gasteiger partial charge >= 0.3 is 0 Å². The second-order valence-corrected chi connectivity index (χ2v) is 5.96. The monoisotopic (exact) mass is 307 g/mol. The standard InChI is InChI=1S/C17H16ClF2N/c1-10-6-17(20)14(8-16(10)19)13-5-2-11(7-15(13)18)9-21-12-3-4-12/h2,5-8,12,21H,3-4,9H2,1H3. The van der Waals surface area contributed by atoms with E-state index >= 15 is 0 Å². The van der Waals surface area contributed by atoms with Crippen LogP contribution >= 0.6 is 11.6 Å². The molecule has 2 aromatic rings. The summed E-state index contributed by atoms with van der Waals surface area (Å²) in [5.41, 5.74) is 2.05. The van der Waals surface area contributed by atoms with Gasteiger partial charge in [0.1, 0.15) is 11.6 Å². The molecule has 1 aliphatic rings. The van der Waals surface area contributed by atoms with Crippen LogP contribution in [0.15, 0.2) is 30.3 Å². The van der Waals surface area contributed by atoms with E-state index in [4.69, 9.17) is 11.6 Å². The molecule has 3 rings (SSSR count). The van der Waals surface area contributed by atoms with Crippen LogP contribution in [0.4, 0.5) is 8.78 Å². The zero-order valence-electron chi connectivity index (χ0n) is 11.7. The second kappa shape index (κ2) is 5.74. The second-order valence-electron chi connectivity index (χ2n) is 5.55. The fraction of sp³-hybridized carbons (Fsp3) is 0.294. The highest BCUT2D eigenvalue weighted by molar-refractivity contribution is 6.33. The molecule has 4 heteroatoms. The van der Waals surface area contributed by atoms with Gasteiger partial charge in [-0.25, -0.2) is 8.78 Å². The normalized spacial score (nSPS) is 14.5. The van der Waals surface area contributed by atoms with Gasteiger partial charge in [0.2, 0.25) is 0 Å². The van der Waals surface area contributed by atoms with Crippen LogP contribution in [0.2, 0.25) is 5.02 Å². The number of hydrogen-bond acceptors (Lipinski definition) is 1. The van der Waals surface area contributed by atoms with Crippen molar-refractivity contribution in [3.05, 3.63) is 58.1 Å². The summed E-state index contributed by atoms with van der Waals surface area (Å²) < 4.78 is 27.7. The lowest BCUT2D eigenvalue weighted by atomic mass is 10.0. The number of aryl methyl sites for hydroxylation is 1. The van der Waals surface area contributed by atoms with Crippen molar-refractivity contribution in [2.24, 2.45) is 0 Å². The number of nitrogens with one attached hydrogen (secondary N) is 1. The van der Waals surface area contributed by atoms with Crippen LogP contribution in [0.5, 0.6) is 0 Å². The van der Waals surface area contributed by atoms with Crippen LogP contribution in [-0.2, 0) is 6.54 Å². The lowest BCUT2D eigenvalue weighted by molar-refractivity contribution is 0.595. The van der Waals surface area contributed by atoms with Gasteiger partial charge in [0.25, 0.3) is 0 Å². The Morgan fingerprint density at radius 2 is 1.86 bits per heavy atom. The topological polar surface area (TPSA) is 12.0 Å². The molecule has 21 heavy (non-hydrogen) atoms. The minimum atomic E-state index is -0.459. The van der Waals surface area contributed by atoms with Gasteiger partial charge in [0, 0.05) is 28.7 Å². The molecule has 0 aromatic heterocycles. The molecular weight excluding hydrogens is 292 g/mol. The van der Waals surface area contributed by atoms with Gasteiger partial charge in [-0.15, -0.1) is 0 Å². The molecule has 1 saturated carbocycles. The minimum absolute atomic E-state index is 0.199. The molecule has 0 amide bonds. The van der Waals surface area contributed by atoms with E-state index in [2.05, 4.69) is 5.32 Å². The van der Waals surface area contributed by atoms with Gasteiger partial charge in [-0.1, -0.05) is 23.7 Å². The Morgan fingerprint density at radius 1 is 1.10 bits per heavy atom. The zero-order valence-corrected chi connectivity index (χ0v) is 12.5. The molecule has 0 bridgehead atoms. The molecule has 1 N–H and O–H groups in total. The predicted octanol–water partition coefficient (Wildman–Crippen LogP) is 4.85. The summed E-state index contributed by atoms with van der Waals surface area (Å²) >= 11 is 6.24. The quantitative estimate of drug-likeness (QED) is 0.852. The van der Waals surface area contributed by atoms with Crippen LogP contribution in [0.25, 0.3) is 11.1 Å². The third kappa shape index (κ3) is 3.25. The first-order valence-corrected chi connectivity index (χ1v) is 7.40. The third-order valence-electron chi connectivity index (χ3n) is 3.74. The third-order valence-corrected chi connectivity index (χ3v) is 4.06. The van der Waals surface area contributed by atoms with Gasteiger partial charge in [0.15, 0.2) is 0 Å². The first kappa shape index (κ1) is 14.5. The van der Waals surface area contributed by atoms with E-state index in [1.165, 1.54) is 31.9 Å². The van der Waals surface area contributed by atoms with Gasteiger partial charge in [-0.2, -0.15) is 0 Å². The highest BCUT2D eigenvalue weighted by atomic mass is 35.5. The van der Waals surface area contributed by atoms with E-state index in [0.29, 0.717) is 16.6 Å². The average Bonchev–Trinajstić information content (AvgIpc) is 3.25. The summed E-state index contributed by atoms with van der Waals surface area (Å²) in [7, 11) is 0. The van der Waals surface area contributed by atoms with E-state index in [1.54, 1.807) is 6.07 Å². The van der Waals surface area contributed by atoms with Crippen LogP contribution in [0.3, 0.4) is 0 Å². The number of rotatable bonds is 4. The molecule has 0 aliphatic heterocycles. The highest BCUT2D eigenvalue weighted by Gasteiger charge is 2.20.